The van der Waals surface area contributed by atoms with Crippen LogP contribution >= 0.6 is 0 Å². The van der Waals surface area contributed by atoms with E-state index in [0.717, 1.165) is 6.07 Å². The Morgan fingerprint density at radius 1 is 1.05 bits per heavy atom. The Balaban J connectivity index is 2.13. The van der Waals surface area contributed by atoms with Gasteiger partial charge in [-0.25, -0.2) is 8.78 Å². The number of ether oxygens (including phenoxy) is 1. The summed E-state index contributed by atoms with van der Waals surface area (Å²) in [5.41, 5.74) is 0.971. The molecule has 0 radical (unpaired) electrons. The van der Waals surface area contributed by atoms with Crippen LogP contribution in [0.3, 0.4) is 0 Å². The first kappa shape index (κ1) is 15.2. The quantitative estimate of drug-likeness (QED) is 0.802. The van der Waals surface area contributed by atoms with E-state index in [-0.39, 0.29) is 12.2 Å². The van der Waals surface area contributed by atoms with Gasteiger partial charge in [0.15, 0.2) is 0 Å². The molecule has 0 saturated carbocycles. The van der Waals surface area contributed by atoms with E-state index in [4.69, 9.17) is 15.3 Å². The molecular formula is C17H10F2N2O. The predicted octanol–water partition coefficient (Wildman–Crippen LogP) is 3.97. The zero-order valence-corrected chi connectivity index (χ0v) is 11.4. The Hall–Kier alpha value is -3.18. The Labute approximate surface area is 126 Å². The second kappa shape index (κ2) is 7.01. The molecule has 0 amide bonds. The van der Waals surface area contributed by atoms with Crippen LogP contribution in [0.1, 0.15) is 11.1 Å². The highest BCUT2D eigenvalue weighted by molar-refractivity contribution is 5.62. The van der Waals surface area contributed by atoms with Crippen molar-refractivity contribution in [1.29, 1.82) is 10.5 Å². The molecule has 0 bridgehead atoms. The van der Waals surface area contributed by atoms with Gasteiger partial charge in [0.1, 0.15) is 41.7 Å². The summed E-state index contributed by atoms with van der Waals surface area (Å²) in [5.74, 6) is -0.861. The zero-order chi connectivity index (χ0) is 15.9. The van der Waals surface area contributed by atoms with Crippen LogP contribution in [0.5, 0.6) is 5.75 Å². The van der Waals surface area contributed by atoms with Crippen LogP contribution in [-0.2, 0) is 6.61 Å². The minimum Gasteiger partial charge on any atom is -0.489 e. The van der Waals surface area contributed by atoms with Crippen molar-refractivity contribution in [3.05, 3.63) is 70.8 Å². The highest BCUT2D eigenvalue weighted by atomic mass is 19.1. The second-order valence-electron chi connectivity index (χ2n) is 4.42. The first-order chi connectivity index (χ1) is 10.6. The third-order valence-electron chi connectivity index (χ3n) is 2.74. The fourth-order valence-electron chi connectivity index (χ4n) is 1.81. The van der Waals surface area contributed by atoms with E-state index in [1.807, 2.05) is 0 Å². The summed E-state index contributed by atoms with van der Waals surface area (Å²) in [6, 6.07) is 13.4. The molecule has 0 spiro atoms. The van der Waals surface area contributed by atoms with Gasteiger partial charge in [-0.1, -0.05) is 12.1 Å². The van der Waals surface area contributed by atoms with E-state index in [1.165, 1.54) is 18.2 Å². The minimum absolute atomic E-state index is 0.00516. The molecule has 2 rings (SSSR count). The van der Waals surface area contributed by atoms with Crippen LogP contribution in [0.2, 0.25) is 0 Å². The maximum atomic E-state index is 13.1. The van der Waals surface area contributed by atoms with E-state index in [1.54, 1.807) is 36.4 Å². The third kappa shape index (κ3) is 4.16. The van der Waals surface area contributed by atoms with Crippen LogP contribution in [0.4, 0.5) is 8.78 Å². The number of halogens is 2. The molecule has 3 nitrogen and oxygen atoms in total. The molecule has 0 N–H and O–H groups in total. The molecule has 0 aliphatic carbocycles. The SMILES string of the molecule is N#CC(C#N)=Cc1cccc(OCc2cc(F)cc(F)c2)c1. The molecule has 108 valence electrons. The highest BCUT2D eigenvalue weighted by Gasteiger charge is 2.02. The van der Waals surface area contributed by atoms with Crippen LogP contribution < -0.4 is 4.74 Å². The van der Waals surface area contributed by atoms with Crippen molar-refractivity contribution in [1.82, 2.24) is 0 Å². The van der Waals surface area contributed by atoms with Gasteiger partial charge in [0, 0.05) is 6.07 Å². The first-order valence-electron chi connectivity index (χ1n) is 6.30. The lowest BCUT2D eigenvalue weighted by molar-refractivity contribution is 0.304. The fourth-order valence-corrected chi connectivity index (χ4v) is 1.81. The minimum atomic E-state index is -0.664. The molecule has 5 heteroatoms. The highest BCUT2D eigenvalue weighted by Crippen LogP contribution is 2.18. The monoisotopic (exact) mass is 296 g/mol. The van der Waals surface area contributed by atoms with Crippen LogP contribution in [0, 0.1) is 34.3 Å². The number of rotatable bonds is 4. The summed E-state index contributed by atoms with van der Waals surface area (Å²) in [4.78, 5) is 0. The van der Waals surface area contributed by atoms with Gasteiger partial charge in [0.2, 0.25) is 0 Å². The summed E-state index contributed by atoms with van der Waals surface area (Å²) in [6.07, 6.45) is 1.43. The number of hydrogen-bond acceptors (Lipinski definition) is 3. The number of nitrogens with zero attached hydrogens (tertiary/aromatic N) is 2. The smallest absolute Gasteiger partial charge is 0.130 e. The number of nitriles is 2. The maximum Gasteiger partial charge on any atom is 0.130 e. The number of hydrogen-bond donors (Lipinski definition) is 0. The Morgan fingerprint density at radius 3 is 2.36 bits per heavy atom. The lowest BCUT2D eigenvalue weighted by atomic mass is 10.1. The van der Waals surface area contributed by atoms with E-state index >= 15 is 0 Å². The van der Waals surface area contributed by atoms with Gasteiger partial charge in [0.05, 0.1) is 0 Å². The summed E-state index contributed by atoms with van der Waals surface area (Å²) >= 11 is 0. The Morgan fingerprint density at radius 2 is 1.73 bits per heavy atom. The molecule has 22 heavy (non-hydrogen) atoms. The fraction of sp³-hybridized carbons (Fsp3) is 0.0588. The summed E-state index contributed by atoms with van der Waals surface area (Å²) in [5, 5.41) is 17.4. The van der Waals surface area contributed by atoms with Crippen molar-refractivity contribution in [2.45, 2.75) is 6.61 Å². The van der Waals surface area contributed by atoms with Gasteiger partial charge in [-0.05, 0) is 41.5 Å². The molecule has 0 unspecified atom stereocenters. The second-order valence-corrected chi connectivity index (χ2v) is 4.42. The van der Waals surface area contributed by atoms with Crippen molar-refractivity contribution in [3.8, 4) is 17.9 Å². The van der Waals surface area contributed by atoms with Gasteiger partial charge in [-0.3, -0.25) is 0 Å². The van der Waals surface area contributed by atoms with Crippen LogP contribution in [-0.4, -0.2) is 0 Å². The van der Waals surface area contributed by atoms with E-state index in [0.29, 0.717) is 16.9 Å². The average Bonchev–Trinajstić information content (AvgIpc) is 2.50. The van der Waals surface area contributed by atoms with Gasteiger partial charge < -0.3 is 4.74 Å². The molecule has 0 aromatic heterocycles. The average molecular weight is 296 g/mol. The van der Waals surface area contributed by atoms with E-state index < -0.39 is 11.6 Å². The van der Waals surface area contributed by atoms with Crippen LogP contribution in [0.25, 0.3) is 6.08 Å². The molecule has 2 aromatic rings. The van der Waals surface area contributed by atoms with Gasteiger partial charge in [0.25, 0.3) is 0 Å². The summed E-state index contributed by atoms with van der Waals surface area (Å²) in [6.45, 7) is 0.00516. The Bertz CT molecular complexity index is 765. The zero-order valence-electron chi connectivity index (χ0n) is 11.4. The molecule has 2 aromatic carbocycles. The predicted molar refractivity (Wildman–Crippen MR) is 76.3 cm³/mol. The third-order valence-corrected chi connectivity index (χ3v) is 2.74. The normalized spacial score (nSPS) is 9.45. The Kier molecular flexibility index (Phi) is 4.85. The maximum absolute atomic E-state index is 13.1. The van der Waals surface area contributed by atoms with E-state index in [2.05, 4.69) is 0 Å². The summed E-state index contributed by atoms with van der Waals surface area (Å²) in [7, 11) is 0. The van der Waals surface area contributed by atoms with Crippen LogP contribution in [0.15, 0.2) is 48.0 Å². The molecule has 0 aliphatic rings. The van der Waals surface area contributed by atoms with Crippen molar-refractivity contribution in [2.24, 2.45) is 0 Å². The molecular weight excluding hydrogens is 286 g/mol. The number of allylic oxidation sites excluding steroid dienone is 1. The van der Waals surface area contributed by atoms with Crippen molar-refractivity contribution in [3.63, 3.8) is 0 Å². The standard InChI is InChI=1S/C17H10F2N2O/c18-15-5-13(6-16(19)8-15)11-22-17-3-1-2-12(7-17)4-14(9-20)10-21/h1-8H,11H2. The first-order valence-corrected chi connectivity index (χ1v) is 6.30. The molecule has 0 aliphatic heterocycles. The molecule has 0 saturated heterocycles. The van der Waals surface area contributed by atoms with Crippen molar-refractivity contribution in [2.75, 3.05) is 0 Å². The number of benzene rings is 2. The van der Waals surface area contributed by atoms with E-state index in [9.17, 15) is 8.78 Å². The molecule has 0 fully saturated rings. The van der Waals surface area contributed by atoms with Gasteiger partial charge >= 0.3 is 0 Å². The largest absolute Gasteiger partial charge is 0.489 e. The lowest BCUT2D eigenvalue weighted by Crippen LogP contribution is -1.97. The van der Waals surface area contributed by atoms with Crippen molar-refractivity contribution < 1.29 is 13.5 Å². The lowest BCUT2D eigenvalue weighted by Gasteiger charge is -2.07. The van der Waals surface area contributed by atoms with Crippen molar-refractivity contribution >= 4 is 6.08 Å². The molecule has 0 atom stereocenters. The summed E-state index contributed by atoms with van der Waals surface area (Å²) < 4.78 is 31.6. The molecule has 0 heterocycles. The van der Waals surface area contributed by atoms with Gasteiger partial charge in [-0.15, -0.1) is 0 Å². The van der Waals surface area contributed by atoms with Gasteiger partial charge in [-0.2, -0.15) is 10.5 Å². The topological polar surface area (TPSA) is 56.8 Å².